The van der Waals surface area contributed by atoms with Crippen LogP contribution in [-0.4, -0.2) is 106 Å². The molecule has 1 spiro atoms. The molecule has 9 nitrogen and oxygen atoms in total. The molecule has 14 atom stereocenters. The topological polar surface area (TPSA) is 154 Å². The van der Waals surface area contributed by atoms with Gasteiger partial charge in [0.1, 0.15) is 28.5 Å². The lowest BCUT2D eigenvalue weighted by molar-refractivity contribution is -0.354. The Labute approximate surface area is 212 Å². The van der Waals surface area contributed by atoms with Crippen molar-refractivity contribution in [1.82, 2.24) is 4.90 Å². The van der Waals surface area contributed by atoms with E-state index >= 15 is 0 Å². The predicted molar refractivity (Wildman–Crippen MR) is 126 cm³/mol. The van der Waals surface area contributed by atoms with Gasteiger partial charge in [0.15, 0.2) is 5.79 Å². The standard InChI is InChI=1S/C27H43NO8/c1-14-4-7-18-22(3,31)26(34)17(12-28(18)11-14)24(33)13-25-16(23(24,32)10-20(26)30)6-5-15-21(25,2)9-8-19(29)27(15,35)36-25/h14-20,29-35H,4-13H2,1-3H3/t14-,15-,16-,17-,18-,19+,20-,21-,22+,23+,24+,25+,26-,27-/m0/s1. The third-order valence-electron chi connectivity index (χ3n) is 13.1. The third kappa shape index (κ3) is 2.27. The van der Waals surface area contributed by atoms with Crippen LogP contribution in [0.15, 0.2) is 0 Å². The van der Waals surface area contributed by atoms with Gasteiger partial charge >= 0.3 is 0 Å². The summed E-state index contributed by atoms with van der Waals surface area (Å²) in [6.07, 6.45) is 0.752. The van der Waals surface area contributed by atoms with Crippen molar-refractivity contribution in [2.45, 2.75) is 124 Å². The van der Waals surface area contributed by atoms with Gasteiger partial charge in [-0.3, -0.25) is 4.90 Å². The molecule has 4 bridgehead atoms. The van der Waals surface area contributed by atoms with Crippen LogP contribution in [0.1, 0.15) is 72.1 Å². The largest absolute Gasteiger partial charge is 0.390 e. The molecular formula is C27H43NO8. The number of aliphatic hydroxyl groups is 7. The molecule has 3 heterocycles. The Bertz CT molecular complexity index is 995. The van der Waals surface area contributed by atoms with Gasteiger partial charge < -0.3 is 40.5 Å². The van der Waals surface area contributed by atoms with Crippen LogP contribution in [0.4, 0.5) is 0 Å². The molecule has 4 saturated carbocycles. The van der Waals surface area contributed by atoms with E-state index in [1.54, 1.807) is 6.92 Å². The molecule has 36 heavy (non-hydrogen) atoms. The normalized spacial score (nSPS) is 68.0. The van der Waals surface area contributed by atoms with Gasteiger partial charge in [0.2, 0.25) is 0 Å². The minimum Gasteiger partial charge on any atom is -0.390 e. The first-order valence-electron chi connectivity index (χ1n) is 14.0. The summed E-state index contributed by atoms with van der Waals surface area (Å²) in [4.78, 5) is 2.12. The van der Waals surface area contributed by atoms with E-state index in [0.29, 0.717) is 44.6 Å². The zero-order valence-corrected chi connectivity index (χ0v) is 21.6. The molecule has 0 aromatic carbocycles. The molecule has 0 aromatic rings. The van der Waals surface area contributed by atoms with Crippen molar-refractivity contribution in [3.63, 3.8) is 0 Å². The highest BCUT2D eigenvalue weighted by Gasteiger charge is 2.88. The highest BCUT2D eigenvalue weighted by atomic mass is 16.7. The number of aliphatic hydroxyl groups excluding tert-OH is 2. The number of piperidine rings is 2. The molecule has 7 N–H and O–H groups in total. The van der Waals surface area contributed by atoms with Gasteiger partial charge in [-0.1, -0.05) is 13.8 Å². The Morgan fingerprint density at radius 2 is 1.47 bits per heavy atom. The highest BCUT2D eigenvalue weighted by molar-refractivity contribution is 5.37. The quantitative estimate of drug-likeness (QED) is 0.228. The van der Waals surface area contributed by atoms with Crippen LogP contribution < -0.4 is 0 Å². The lowest BCUT2D eigenvalue weighted by Crippen LogP contribution is -2.85. The van der Waals surface area contributed by atoms with E-state index in [1.807, 2.05) is 6.92 Å². The summed E-state index contributed by atoms with van der Waals surface area (Å²) in [5.41, 5.74) is -9.07. The minimum absolute atomic E-state index is 0.0208. The summed E-state index contributed by atoms with van der Waals surface area (Å²) >= 11 is 0. The molecule has 0 unspecified atom stereocenters. The third-order valence-corrected chi connectivity index (χ3v) is 13.1. The average Bonchev–Trinajstić information content (AvgIpc) is 2.97. The fourth-order valence-corrected chi connectivity index (χ4v) is 11.3. The zero-order valence-electron chi connectivity index (χ0n) is 21.6. The maximum Gasteiger partial charge on any atom is 0.196 e. The first-order chi connectivity index (χ1) is 16.6. The number of hydrogen-bond acceptors (Lipinski definition) is 9. The lowest BCUT2D eigenvalue weighted by Gasteiger charge is -2.68. The van der Waals surface area contributed by atoms with Gasteiger partial charge in [0.25, 0.3) is 0 Å². The second-order valence-electron chi connectivity index (χ2n) is 14.3. The summed E-state index contributed by atoms with van der Waals surface area (Å²) in [7, 11) is 0. The molecule has 0 amide bonds. The molecular weight excluding hydrogens is 466 g/mol. The number of fused-ring (bicyclic) bond motifs is 5. The fraction of sp³-hybridized carbons (Fsp3) is 1.00. The average molecular weight is 510 g/mol. The molecule has 0 aromatic heterocycles. The minimum atomic E-state index is -2.02. The number of hydrogen-bond donors (Lipinski definition) is 7. The Hall–Kier alpha value is -0.360. The van der Waals surface area contributed by atoms with Gasteiger partial charge in [-0.05, 0) is 51.4 Å². The fourth-order valence-electron chi connectivity index (χ4n) is 11.3. The van der Waals surface area contributed by atoms with Crippen LogP contribution in [0, 0.1) is 29.1 Å². The van der Waals surface area contributed by atoms with Crippen LogP contribution in [0.2, 0.25) is 0 Å². The van der Waals surface area contributed by atoms with Crippen molar-refractivity contribution in [3.05, 3.63) is 0 Å². The van der Waals surface area contributed by atoms with Crippen LogP contribution in [0.3, 0.4) is 0 Å². The molecule has 7 aliphatic rings. The van der Waals surface area contributed by atoms with Crippen molar-refractivity contribution in [3.8, 4) is 0 Å². The van der Waals surface area contributed by atoms with E-state index in [4.69, 9.17) is 4.74 Å². The van der Waals surface area contributed by atoms with Gasteiger partial charge in [-0.25, -0.2) is 0 Å². The lowest BCUT2D eigenvalue weighted by atomic mass is 9.49. The van der Waals surface area contributed by atoms with E-state index < -0.39 is 63.3 Å². The van der Waals surface area contributed by atoms with E-state index in [2.05, 4.69) is 11.8 Å². The van der Waals surface area contributed by atoms with Crippen molar-refractivity contribution < 1.29 is 40.5 Å². The molecule has 7 rings (SSSR count). The van der Waals surface area contributed by atoms with E-state index in [1.165, 1.54) is 0 Å². The summed E-state index contributed by atoms with van der Waals surface area (Å²) in [5, 5.41) is 83.2. The van der Waals surface area contributed by atoms with Crippen molar-refractivity contribution in [2.24, 2.45) is 29.1 Å². The predicted octanol–water partition coefficient (Wildman–Crippen LogP) is -0.526. The number of nitrogens with zero attached hydrogens (tertiary/aromatic N) is 1. The molecule has 0 radical (unpaired) electrons. The zero-order chi connectivity index (χ0) is 25.9. The number of ether oxygens (including phenoxy) is 1. The summed E-state index contributed by atoms with van der Waals surface area (Å²) < 4.78 is 6.52. The van der Waals surface area contributed by atoms with E-state index in [-0.39, 0.29) is 31.3 Å². The monoisotopic (exact) mass is 509 g/mol. The summed E-state index contributed by atoms with van der Waals surface area (Å²) in [6, 6.07) is -0.360. The molecule has 204 valence electrons. The summed E-state index contributed by atoms with van der Waals surface area (Å²) in [5.74, 6) is -3.30. The van der Waals surface area contributed by atoms with Crippen molar-refractivity contribution in [1.29, 1.82) is 0 Å². The second kappa shape index (κ2) is 6.67. The molecule has 9 heteroatoms. The maximum absolute atomic E-state index is 12.7. The Morgan fingerprint density at radius 1 is 0.778 bits per heavy atom. The maximum atomic E-state index is 12.7. The first-order valence-corrected chi connectivity index (χ1v) is 14.0. The van der Waals surface area contributed by atoms with Crippen LogP contribution in [0.25, 0.3) is 0 Å². The molecule has 3 aliphatic heterocycles. The van der Waals surface area contributed by atoms with Crippen LogP contribution in [0.5, 0.6) is 0 Å². The summed E-state index contributed by atoms with van der Waals surface area (Å²) in [6.45, 7) is 6.70. The first kappa shape index (κ1) is 24.7. The van der Waals surface area contributed by atoms with E-state index in [0.717, 1.165) is 6.42 Å². The Kier molecular flexibility index (Phi) is 4.57. The van der Waals surface area contributed by atoms with Gasteiger partial charge in [-0.2, -0.15) is 0 Å². The molecule has 7 fully saturated rings. The smallest absolute Gasteiger partial charge is 0.196 e. The molecule has 4 aliphatic carbocycles. The van der Waals surface area contributed by atoms with Gasteiger partial charge in [0, 0.05) is 55.1 Å². The van der Waals surface area contributed by atoms with Crippen molar-refractivity contribution in [2.75, 3.05) is 13.1 Å². The van der Waals surface area contributed by atoms with Gasteiger partial charge in [0.05, 0.1) is 11.7 Å². The Balaban J connectivity index is 1.39. The van der Waals surface area contributed by atoms with Crippen LogP contribution in [-0.2, 0) is 4.74 Å². The second-order valence-corrected chi connectivity index (χ2v) is 14.3. The SMILES string of the molecule is C[C@H]1CC[C@@H]2N(C1)C[C@@H]1[C@](O)([C@@H](O)C[C@@]3(O)[C@@H]4CC[C@@H]5[C@]6(O)O[C@@]4(C[C@@]13O)[C@@]5(C)CC[C@H]6O)[C@]2(C)O. The highest BCUT2D eigenvalue weighted by Crippen LogP contribution is 2.78. The van der Waals surface area contributed by atoms with E-state index in [9.17, 15) is 35.7 Å². The molecule has 3 saturated heterocycles. The van der Waals surface area contributed by atoms with Crippen molar-refractivity contribution >= 4 is 0 Å². The van der Waals surface area contributed by atoms with Gasteiger partial charge in [-0.15, -0.1) is 0 Å². The number of rotatable bonds is 0. The Morgan fingerprint density at radius 3 is 2.19 bits per heavy atom. The van der Waals surface area contributed by atoms with Crippen LogP contribution >= 0.6 is 0 Å².